The summed E-state index contributed by atoms with van der Waals surface area (Å²) in [6.07, 6.45) is 1.11. The van der Waals surface area contributed by atoms with Crippen LogP contribution in [0, 0.1) is 19.8 Å². The summed E-state index contributed by atoms with van der Waals surface area (Å²) in [4.78, 5) is 15.3. The number of aryl methyl sites for hydroxylation is 2. The van der Waals surface area contributed by atoms with E-state index < -0.39 is 10.0 Å². The maximum Gasteiger partial charge on any atom is 0.264 e. The summed E-state index contributed by atoms with van der Waals surface area (Å²) in [5.41, 5.74) is 3.79. The van der Waals surface area contributed by atoms with Gasteiger partial charge in [0.1, 0.15) is 0 Å². The molecule has 1 aliphatic heterocycles. The van der Waals surface area contributed by atoms with E-state index in [0.29, 0.717) is 18.2 Å². The second-order valence-corrected chi connectivity index (χ2v) is 11.1. The van der Waals surface area contributed by atoms with Gasteiger partial charge >= 0.3 is 0 Å². The van der Waals surface area contributed by atoms with Gasteiger partial charge in [0.05, 0.1) is 10.6 Å². The first-order chi connectivity index (χ1) is 16.8. The van der Waals surface area contributed by atoms with Crippen LogP contribution in [0.4, 0.5) is 11.4 Å². The third-order valence-electron chi connectivity index (χ3n) is 6.47. The number of anilines is 2. The number of hydrogen-bond donors (Lipinski definition) is 1. The molecule has 7 heteroatoms. The molecule has 1 aliphatic rings. The fourth-order valence-corrected chi connectivity index (χ4v) is 5.82. The first-order valence-electron chi connectivity index (χ1n) is 12.1. The molecule has 0 aliphatic carbocycles. The number of benzene rings is 3. The average Bonchev–Trinajstić information content (AvgIpc) is 3.34. The van der Waals surface area contributed by atoms with Gasteiger partial charge in [-0.3, -0.25) is 9.10 Å². The monoisotopic (exact) mass is 491 g/mol. The fraction of sp³-hybridized carbons (Fsp3) is 0.321. The second kappa shape index (κ2) is 11.0. The Hall–Kier alpha value is -3.32. The Morgan fingerprint density at radius 1 is 0.943 bits per heavy atom. The lowest BCUT2D eigenvalue weighted by Crippen LogP contribution is -2.37. The van der Waals surface area contributed by atoms with Crippen LogP contribution in [0.15, 0.2) is 83.8 Å². The number of amides is 1. The molecule has 35 heavy (non-hydrogen) atoms. The predicted octanol–water partition coefficient (Wildman–Crippen LogP) is 4.53. The van der Waals surface area contributed by atoms with Crippen LogP contribution in [0.5, 0.6) is 0 Å². The lowest BCUT2D eigenvalue weighted by atomic mass is 10.1. The van der Waals surface area contributed by atoms with E-state index in [4.69, 9.17) is 0 Å². The van der Waals surface area contributed by atoms with Gasteiger partial charge in [0.2, 0.25) is 5.91 Å². The van der Waals surface area contributed by atoms with Gasteiger partial charge < -0.3 is 10.2 Å². The van der Waals surface area contributed by atoms with Gasteiger partial charge in [-0.1, -0.05) is 53.6 Å². The van der Waals surface area contributed by atoms with Crippen LogP contribution in [0.1, 0.15) is 24.0 Å². The molecule has 4 rings (SSSR count). The Morgan fingerprint density at radius 2 is 1.57 bits per heavy atom. The van der Waals surface area contributed by atoms with Gasteiger partial charge in [0.15, 0.2) is 0 Å². The maximum atomic E-state index is 13.5. The van der Waals surface area contributed by atoms with Gasteiger partial charge in [0, 0.05) is 38.3 Å². The van der Waals surface area contributed by atoms with Crippen molar-refractivity contribution in [2.45, 2.75) is 31.6 Å². The Balaban J connectivity index is 1.38. The quantitative estimate of drug-likeness (QED) is 0.477. The average molecular weight is 492 g/mol. The van der Waals surface area contributed by atoms with Crippen molar-refractivity contribution in [3.05, 3.63) is 90.0 Å². The number of carbonyl (C=O) groups excluding carboxylic acids is 1. The van der Waals surface area contributed by atoms with Crippen molar-refractivity contribution in [3.8, 4) is 0 Å². The van der Waals surface area contributed by atoms with Crippen molar-refractivity contribution in [2.24, 2.45) is 5.92 Å². The second-order valence-electron chi connectivity index (χ2n) is 9.22. The molecular formula is C28H33N3O3S. The molecule has 1 amide bonds. The molecule has 6 nitrogen and oxygen atoms in total. The minimum absolute atomic E-state index is 0.0753. The smallest absolute Gasteiger partial charge is 0.264 e. The summed E-state index contributed by atoms with van der Waals surface area (Å²) >= 11 is 0. The highest BCUT2D eigenvalue weighted by Crippen LogP contribution is 2.25. The van der Waals surface area contributed by atoms with Crippen molar-refractivity contribution in [2.75, 3.05) is 35.4 Å². The minimum atomic E-state index is -3.80. The summed E-state index contributed by atoms with van der Waals surface area (Å²) in [5.74, 6) is 0.239. The molecule has 0 bridgehead atoms. The van der Waals surface area contributed by atoms with Crippen molar-refractivity contribution in [3.63, 3.8) is 0 Å². The van der Waals surface area contributed by atoms with Crippen LogP contribution in [0.2, 0.25) is 0 Å². The largest absolute Gasteiger partial charge is 0.371 e. The van der Waals surface area contributed by atoms with E-state index in [9.17, 15) is 13.2 Å². The number of para-hydroxylation sites is 1. The first kappa shape index (κ1) is 24.8. The van der Waals surface area contributed by atoms with Crippen LogP contribution in [-0.4, -0.2) is 40.5 Å². The molecule has 1 N–H and O–H groups in total. The summed E-state index contributed by atoms with van der Waals surface area (Å²) < 4.78 is 28.3. The normalized spacial score (nSPS) is 15.7. The van der Waals surface area contributed by atoms with Crippen molar-refractivity contribution >= 4 is 27.3 Å². The highest BCUT2D eigenvalue weighted by molar-refractivity contribution is 7.92. The Morgan fingerprint density at radius 3 is 2.23 bits per heavy atom. The Kier molecular flexibility index (Phi) is 7.76. The molecule has 0 radical (unpaired) electrons. The number of rotatable bonds is 9. The third kappa shape index (κ3) is 6.22. The van der Waals surface area contributed by atoms with Gasteiger partial charge in [-0.25, -0.2) is 8.42 Å². The highest BCUT2D eigenvalue weighted by Gasteiger charge is 2.26. The van der Waals surface area contributed by atoms with Crippen LogP contribution in [-0.2, 0) is 14.8 Å². The maximum absolute atomic E-state index is 13.5. The van der Waals surface area contributed by atoms with Crippen LogP contribution in [0.3, 0.4) is 0 Å². The number of nitrogens with zero attached hydrogens (tertiary/aromatic N) is 2. The standard InChI is InChI=1S/C28H33N3O3S/c1-22-8-12-26(13-9-22)31(35(33,34)27-14-10-23(2)11-15-27)19-17-28(32)29-20-24-16-18-30(21-24)25-6-4-3-5-7-25/h3-15,24H,16-21H2,1-2H3,(H,29,32). The van der Waals surface area contributed by atoms with Gasteiger partial charge in [-0.2, -0.15) is 0 Å². The Labute approximate surface area is 208 Å². The molecule has 0 spiro atoms. The number of hydrogen-bond acceptors (Lipinski definition) is 4. The highest BCUT2D eigenvalue weighted by atomic mass is 32.2. The van der Waals surface area contributed by atoms with Gasteiger partial charge in [0.25, 0.3) is 10.0 Å². The molecule has 1 atom stereocenters. The molecule has 184 valence electrons. The zero-order chi connectivity index (χ0) is 24.8. The first-order valence-corrected chi connectivity index (χ1v) is 13.5. The van der Waals surface area contributed by atoms with Gasteiger partial charge in [-0.15, -0.1) is 0 Å². The minimum Gasteiger partial charge on any atom is -0.371 e. The third-order valence-corrected chi connectivity index (χ3v) is 8.31. The van der Waals surface area contributed by atoms with Gasteiger partial charge in [-0.05, 0) is 62.6 Å². The van der Waals surface area contributed by atoms with Crippen LogP contribution < -0.4 is 14.5 Å². The van der Waals surface area contributed by atoms with Crippen molar-refractivity contribution < 1.29 is 13.2 Å². The van der Waals surface area contributed by atoms with E-state index in [2.05, 4.69) is 22.3 Å². The molecule has 3 aromatic rings. The molecule has 0 saturated carbocycles. The number of carbonyl (C=O) groups is 1. The van der Waals surface area contributed by atoms with E-state index in [-0.39, 0.29) is 23.8 Å². The lowest BCUT2D eigenvalue weighted by molar-refractivity contribution is -0.121. The topological polar surface area (TPSA) is 69.7 Å². The molecule has 1 unspecified atom stereocenters. The summed E-state index contributed by atoms with van der Waals surface area (Å²) in [7, 11) is -3.80. The van der Waals surface area contributed by atoms with E-state index in [1.54, 1.807) is 36.4 Å². The summed E-state index contributed by atoms with van der Waals surface area (Å²) in [6.45, 7) is 6.42. The molecule has 1 heterocycles. The summed E-state index contributed by atoms with van der Waals surface area (Å²) in [5, 5.41) is 3.02. The van der Waals surface area contributed by atoms with Crippen LogP contribution in [0.25, 0.3) is 0 Å². The summed E-state index contributed by atoms with van der Waals surface area (Å²) in [6, 6.07) is 24.4. The Bertz CT molecular complexity index is 1230. The number of sulfonamides is 1. The van der Waals surface area contributed by atoms with E-state index >= 15 is 0 Å². The fourth-order valence-electron chi connectivity index (χ4n) is 4.36. The SMILES string of the molecule is Cc1ccc(N(CCC(=O)NCC2CCN(c3ccccc3)C2)S(=O)(=O)c2ccc(C)cc2)cc1. The molecule has 0 aromatic heterocycles. The van der Waals surface area contributed by atoms with E-state index in [0.717, 1.165) is 30.6 Å². The van der Waals surface area contributed by atoms with E-state index in [1.807, 2.05) is 44.2 Å². The molecule has 3 aromatic carbocycles. The molecule has 1 saturated heterocycles. The van der Waals surface area contributed by atoms with Crippen LogP contribution >= 0.6 is 0 Å². The van der Waals surface area contributed by atoms with E-state index in [1.165, 1.54) is 9.99 Å². The zero-order valence-electron chi connectivity index (χ0n) is 20.4. The molecular weight excluding hydrogens is 458 g/mol. The number of nitrogens with one attached hydrogen (secondary N) is 1. The molecule has 1 fully saturated rings. The lowest BCUT2D eigenvalue weighted by Gasteiger charge is -2.25. The van der Waals surface area contributed by atoms with Crippen molar-refractivity contribution in [1.29, 1.82) is 0 Å². The van der Waals surface area contributed by atoms with Crippen molar-refractivity contribution in [1.82, 2.24) is 5.32 Å². The predicted molar refractivity (Wildman–Crippen MR) is 141 cm³/mol. The zero-order valence-corrected chi connectivity index (χ0v) is 21.2.